The summed E-state index contributed by atoms with van der Waals surface area (Å²) < 4.78 is 0. The molecule has 0 aliphatic carbocycles. The number of halogens is 1. The molecule has 0 spiro atoms. The number of carbonyl (C=O) groups excluding carboxylic acids is 1. The minimum atomic E-state index is -0.247. The number of hydrogen-bond acceptors (Lipinski definition) is 1. The van der Waals surface area contributed by atoms with Crippen LogP contribution in [-0.4, -0.2) is 29.3 Å². The van der Waals surface area contributed by atoms with Crippen molar-refractivity contribution in [1.82, 2.24) is 4.90 Å². The van der Waals surface area contributed by atoms with Gasteiger partial charge in [-0.25, -0.2) is 0 Å². The van der Waals surface area contributed by atoms with E-state index in [0.717, 1.165) is 0 Å². The van der Waals surface area contributed by atoms with Crippen LogP contribution < -0.4 is 0 Å². The fraction of sp³-hybridized carbons (Fsp3) is 0.889. The molecule has 0 fully saturated rings. The minimum Gasteiger partial charge on any atom is -0.339 e. The molecule has 3 heteroatoms. The molecule has 0 saturated carbocycles. The van der Waals surface area contributed by atoms with Gasteiger partial charge in [-0.3, -0.25) is 4.79 Å². The number of carbonyl (C=O) groups is 1. The van der Waals surface area contributed by atoms with Crippen molar-refractivity contribution in [2.45, 2.75) is 33.2 Å². The van der Waals surface area contributed by atoms with Gasteiger partial charge >= 0.3 is 0 Å². The monoisotopic (exact) mass is 191 g/mol. The molecular formula is C9H18ClNO. The highest BCUT2D eigenvalue weighted by atomic mass is 35.5. The van der Waals surface area contributed by atoms with E-state index in [4.69, 9.17) is 11.6 Å². The van der Waals surface area contributed by atoms with Crippen molar-refractivity contribution >= 4 is 17.5 Å². The van der Waals surface area contributed by atoms with Gasteiger partial charge in [0.1, 0.15) is 0 Å². The van der Waals surface area contributed by atoms with Crippen molar-refractivity contribution in [2.24, 2.45) is 5.92 Å². The second-order valence-corrected chi connectivity index (χ2v) is 4.27. The fourth-order valence-electron chi connectivity index (χ4n) is 0.775. The van der Waals surface area contributed by atoms with Crippen molar-refractivity contribution in [2.75, 3.05) is 12.9 Å². The Morgan fingerprint density at radius 2 is 1.92 bits per heavy atom. The third-order valence-corrected chi connectivity index (χ3v) is 2.71. The average Bonchev–Trinajstić information content (AvgIpc) is 2.01. The lowest BCUT2D eigenvalue weighted by Gasteiger charge is -2.35. The summed E-state index contributed by atoms with van der Waals surface area (Å²) in [7, 11) is 1.80. The first-order chi connectivity index (χ1) is 5.33. The van der Waals surface area contributed by atoms with Gasteiger partial charge in [-0.05, 0) is 13.8 Å². The van der Waals surface area contributed by atoms with Gasteiger partial charge < -0.3 is 4.90 Å². The zero-order chi connectivity index (χ0) is 9.94. The number of rotatable bonds is 3. The zero-order valence-corrected chi connectivity index (χ0v) is 9.27. The van der Waals surface area contributed by atoms with Crippen LogP contribution in [-0.2, 0) is 4.79 Å². The lowest BCUT2D eigenvalue weighted by Crippen LogP contribution is -2.48. The molecule has 0 rings (SSSR count). The molecule has 0 aliphatic rings. The molecule has 0 unspecified atom stereocenters. The van der Waals surface area contributed by atoms with Gasteiger partial charge in [0, 0.05) is 18.8 Å². The Balaban J connectivity index is 4.38. The molecule has 0 saturated heterocycles. The van der Waals surface area contributed by atoms with Gasteiger partial charge in [0.2, 0.25) is 5.91 Å². The standard InChI is InChI=1S/C9H18ClNO/c1-7(2)8(12)11(5)9(3,4)6-10/h7H,6H2,1-5H3. The summed E-state index contributed by atoms with van der Waals surface area (Å²) in [6.45, 7) is 7.70. The van der Waals surface area contributed by atoms with Crippen molar-refractivity contribution in [3.05, 3.63) is 0 Å². The van der Waals surface area contributed by atoms with Crippen LogP contribution in [0.15, 0.2) is 0 Å². The highest BCUT2D eigenvalue weighted by molar-refractivity contribution is 6.18. The Kier molecular flexibility index (Phi) is 4.04. The van der Waals surface area contributed by atoms with Gasteiger partial charge in [-0.15, -0.1) is 11.6 Å². The van der Waals surface area contributed by atoms with Crippen LogP contribution >= 0.6 is 11.6 Å². The summed E-state index contributed by atoms with van der Waals surface area (Å²) in [5.74, 6) is 0.639. The van der Waals surface area contributed by atoms with Crippen LogP contribution in [0.4, 0.5) is 0 Å². The van der Waals surface area contributed by atoms with E-state index in [1.165, 1.54) is 0 Å². The maximum atomic E-state index is 11.5. The summed E-state index contributed by atoms with van der Waals surface area (Å²) in [5.41, 5.74) is -0.247. The summed E-state index contributed by atoms with van der Waals surface area (Å²) in [6, 6.07) is 0. The molecule has 0 aliphatic heterocycles. The van der Waals surface area contributed by atoms with Gasteiger partial charge in [0.25, 0.3) is 0 Å². The Bertz CT molecular complexity index is 166. The smallest absolute Gasteiger partial charge is 0.225 e. The highest BCUT2D eigenvalue weighted by Gasteiger charge is 2.27. The number of nitrogens with zero attached hydrogens (tertiary/aromatic N) is 1. The van der Waals surface area contributed by atoms with Crippen LogP contribution in [0.25, 0.3) is 0 Å². The Morgan fingerprint density at radius 1 is 1.50 bits per heavy atom. The van der Waals surface area contributed by atoms with Crippen molar-refractivity contribution in [3.63, 3.8) is 0 Å². The van der Waals surface area contributed by atoms with E-state index in [0.29, 0.717) is 5.88 Å². The van der Waals surface area contributed by atoms with E-state index < -0.39 is 0 Å². The van der Waals surface area contributed by atoms with E-state index >= 15 is 0 Å². The predicted octanol–water partition coefficient (Wildman–Crippen LogP) is 2.12. The number of alkyl halides is 1. The van der Waals surface area contributed by atoms with E-state index in [-0.39, 0.29) is 17.4 Å². The molecule has 0 N–H and O–H groups in total. The highest BCUT2D eigenvalue weighted by Crippen LogP contribution is 2.16. The molecular weight excluding hydrogens is 174 g/mol. The van der Waals surface area contributed by atoms with Crippen LogP contribution in [0.1, 0.15) is 27.7 Å². The zero-order valence-electron chi connectivity index (χ0n) is 8.52. The van der Waals surface area contributed by atoms with Gasteiger partial charge in [0.15, 0.2) is 0 Å². The fourth-order valence-corrected chi connectivity index (χ4v) is 0.955. The average molecular weight is 192 g/mol. The molecule has 0 heterocycles. The third kappa shape index (κ3) is 2.67. The Morgan fingerprint density at radius 3 is 2.17 bits per heavy atom. The number of hydrogen-bond donors (Lipinski definition) is 0. The summed E-state index contributed by atoms with van der Waals surface area (Å²) in [5, 5.41) is 0. The molecule has 12 heavy (non-hydrogen) atoms. The minimum absolute atomic E-state index is 0.0393. The summed E-state index contributed by atoms with van der Waals surface area (Å²) in [4.78, 5) is 13.2. The molecule has 0 aromatic carbocycles. The van der Waals surface area contributed by atoms with Crippen molar-refractivity contribution in [1.29, 1.82) is 0 Å². The molecule has 1 amide bonds. The predicted molar refractivity (Wildman–Crippen MR) is 52.4 cm³/mol. The third-order valence-electron chi connectivity index (χ3n) is 2.06. The summed E-state index contributed by atoms with van der Waals surface area (Å²) in [6.07, 6.45) is 0. The first-order valence-corrected chi connectivity index (χ1v) is 4.70. The Labute approximate surface area is 79.9 Å². The number of amides is 1. The quantitative estimate of drug-likeness (QED) is 0.626. The van der Waals surface area contributed by atoms with Crippen LogP contribution in [0, 0.1) is 5.92 Å². The molecule has 0 bridgehead atoms. The lowest BCUT2D eigenvalue weighted by molar-refractivity contribution is -0.137. The maximum Gasteiger partial charge on any atom is 0.225 e. The molecule has 0 aromatic rings. The first-order valence-electron chi connectivity index (χ1n) is 4.16. The lowest BCUT2D eigenvalue weighted by atomic mass is 10.0. The van der Waals surface area contributed by atoms with E-state index in [2.05, 4.69) is 0 Å². The van der Waals surface area contributed by atoms with Crippen molar-refractivity contribution < 1.29 is 4.79 Å². The second kappa shape index (κ2) is 4.13. The first kappa shape index (κ1) is 11.8. The summed E-state index contributed by atoms with van der Waals surface area (Å²) >= 11 is 5.74. The normalized spacial score (nSPS) is 11.9. The van der Waals surface area contributed by atoms with Crippen LogP contribution in [0.3, 0.4) is 0 Å². The van der Waals surface area contributed by atoms with Crippen LogP contribution in [0.5, 0.6) is 0 Å². The molecule has 2 nitrogen and oxygen atoms in total. The molecule has 0 radical (unpaired) electrons. The van der Waals surface area contributed by atoms with E-state index in [1.807, 2.05) is 27.7 Å². The topological polar surface area (TPSA) is 20.3 Å². The van der Waals surface area contributed by atoms with Gasteiger partial charge in [0.05, 0.1) is 5.54 Å². The van der Waals surface area contributed by atoms with Crippen molar-refractivity contribution in [3.8, 4) is 0 Å². The Hall–Kier alpha value is -0.240. The molecule has 0 aromatic heterocycles. The van der Waals surface area contributed by atoms with Gasteiger partial charge in [-0.1, -0.05) is 13.8 Å². The maximum absolute atomic E-state index is 11.5. The van der Waals surface area contributed by atoms with E-state index in [9.17, 15) is 4.79 Å². The SMILES string of the molecule is CC(C)C(=O)N(C)C(C)(C)CCl. The molecule has 72 valence electrons. The van der Waals surface area contributed by atoms with Crippen LogP contribution in [0.2, 0.25) is 0 Å². The van der Waals surface area contributed by atoms with Gasteiger partial charge in [-0.2, -0.15) is 0 Å². The van der Waals surface area contributed by atoms with E-state index in [1.54, 1.807) is 11.9 Å². The second-order valence-electron chi connectivity index (χ2n) is 4.00. The largest absolute Gasteiger partial charge is 0.339 e. The molecule has 0 atom stereocenters.